The fourth-order valence-corrected chi connectivity index (χ4v) is 2.07. The van der Waals surface area contributed by atoms with E-state index in [1.807, 2.05) is 23.6 Å². The van der Waals surface area contributed by atoms with Crippen LogP contribution in [0, 0.1) is 0 Å². The molecule has 0 aliphatic heterocycles. The third-order valence-electron chi connectivity index (χ3n) is 2.17. The number of rotatable bonds is 2. The molecular formula is C9H13N3S. The predicted molar refractivity (Wildman–Crippen MR) is 56.4 cm³/mol. The van der Waals surface area contributed by atoms with Crippen LogP contribution in [-0.4, -0.2) is 17.7 Å². The van der Waals surface area contributed by atoms with Gasteiger partial charge in [0.25, 0.3) is 0 Å². The average molecular weight is 195 g/mol. The van der Waals surface area contributed by atoms with Crippen molar-refractivity contribution in [3.63, 3.8) is 0 Å². The van der Waals surface area contributed by atoms with Crippen LogP contribution in [0.25, 0.3) is 0 Å². The van der Waals surface area contributed by atoms with Crippen LogP contribution in [0.4, 0.5) is 5.13 Å². The Morgan fingerprint density at radius 3 is 2.85 bits per heavy atom. The lowest BCUT2D eigenvalue weighted by atomic mass is 10.3. The Hall–Kier alpha value is -0.900. The number of anilines is 1. The summed E-state index contributed by atoms with van der Waals surface area (Å²) in [7, 11) is 1.96. The van der Waals surface area contributed by atoms with Crippen LogP contribution in [0.2, 0.25) is 0 Å². The SMILES string of the molecule is CN(N=C1CCCC1)c1nccs1. The van der Waals surface area contributed by atoms with Crippen LogP contribution in [0.5, 0.6) is 0 Å². The van der Waals surface area contributed by atoms with E-state index in [1.165, 1.54) is 18.6 Å². The monoisotopic (exact) mass is 195 g/mol. The Kier molecular flexibility index (Phi) is 2.59. The van der Waals surface area contributed by atoms with E-state index >= 15 is 0 Å². The molecule has 1 aliphatic carbocycles. The quantitative estimate of drug-likeness (QED) is 0.678. The minimum absolute atomic E-state index is 0.972. The molecule has 0 saturated heterocycles. The highest BCUT2D eigenvalue weighted by molar-refractivity contribution is 7.13. The molecule has 0 aromatic carbocycles. The molecule has 0 amide bonds. The first kappa shape index (κ1) is 8.69. The molecule has 1 aromatic rings. The highest BCUT2D eigenvalue weighted by Gasteiger charge is 2.10. The molecule has 3 nitrogen and oxygen atoms in total. The summed E-state index contributed by atoms with van der Waals surface area (Å²) < 4.78 is 0. The van der Waals surface area contributed by atoms with Crippen molar-refractivity contribution in [2.75, 3.05) is 12.1 Å². The molecule has 4 heteroatoms. The number of hydrogen-bond donors (Lipinski definition) is 0. The van der Waals surface area contributed by atoms with Gasteiger partial charge in [-0.05, 0) is 25.7 Å². The highest BCUT2D eigenvalue weighted by atomic mass is 32.1. The first-order chi connectivity index (χ1) is 6.36. The van der Waals surface area contributed by atoms with Crippen LogP contribution in [-0.2, 0) is 0 Å². The Bertz CT molecular complexity index is 284. The fraction of sp³-hybridized carbons (Fsp3) is 0.556. The van der Waals surface area contributed by atoms with Crippen molar-refractivity contribution in [3.8, 4) is 0 Å². The number of thiazole rings is 1. The smallest absolute Gasteiger partial charge is 0.205 e. The summed E-state index contributed by atoms with van der Waals surface area (Å²) in [6, 6.07) is 0. The zero-order chi connectivity index (χ0) is 9.10. The van der Waals surface area contributed by atoms with Gasteiger partial charge in [-0.25, -0.2) is 9.99 Å². The summed E-state index contributed by atoms with van der Waals surface area (Å²) in [4.78, 5) is 4.20. The molecule has 0 N–H and O–H groups in total. The second-order valence-corrected chi connectivity index (χ2v) is 4.08. The van der Waals surface area contributed by atoms with E-state index in [1.54, 1.807) is 11.3 Å². The van der Waals surface area contributed by atoms with Gasteiger partial charge in [0.2, 0.25) is 5.13 Å². The number of hydrogen-bond acceptors (Lipinski definition) is 4. The molecule has 0 spiro atoms. The molecule has 1 heterocycles. The Balaban J connectivity index is 2.05. The first-order valence-electron chi connectivity index (χ1n) is 4.56. The van der Waals surface area contributed by atoms with Gasteiger partial charge in [0.1, 0.15) is 0 Å². The van der Waals surface area contributed by atoms with Gasteiger partial charge in [0, 0.05) is 24.3 Å². The van der Waals surface area contributed by atoms with Crippen LogP contribution >= 0.6 is 11.3 Å². The molecule has 1 fully saturated rings. The molecule has 1 aromatic heterocycles. The van der Waals surface area contributed by atoms with Gasteiger partial charge in [-0.15, -0.1) is 11.3 Å². The minimum Gasteiger partial charge on any atom is -0.242 e. The summed E-state index contributed by atoms with van der Waals surface area (Å²) in [5.74, 6) is 0. The molecule has 0 radical (unpaired) electrons. The lowest BCUT2D eigenvalue weighted by Crippen LogP contribution is -2.11. The van der Waals surface area contributed by atoms with E-state index in [-0.39, 0.29) is 0 Å². The molecular weight excluding hydrogens is 182 g/mol. The molecule has 13 heavy (non-hydrogen) atoms. The van der Waals surface area contributed by atoms with Gasteiger partial charge in [-0.3, -0.25) is 0 Å². The number of nitrogens with zero attached hydrogens (tertiary/aromatic N) is 3. The van der Waals surface area contributed by atoms with Gasteiger partial charge < -0.3 is 0 Å². The molecule has 2 rings (SSSR count). The summed E-state index contributed by atoms with van der Waals surface area (Å²) in [5.41, 5.74) is 1.32. The van der Waals surface area contributed by atoms with Crippen molar-refractivity contribution in [2.24, 2.45) is 5.10 Å². The van der Waals surface area contributed by atoms with Crippen molar-refractivity contribution in [1.82, 2.24) is 4.98 Å². The summed E-state index contributed by atoms with van der Waals surface area (Å²) in [6.45, 7) is 0. The molecule has 1 aliphatic rings. The second-order valence-electron chi connectivity index (χ2n) is 3.21. The molecule has 0 atom stereocenters. The zero-order valence-corrected chi connectivity index (χ0v) is 8.55. The van der Waals surface area contributed by atoms with Gasteiger partial charge >= 0.3 is 0 Å². The number of aromatic nitrogens is 1. The van der Waals surface area contributed by atoms with Crippen molar-refractivity contribution < 1.29 is 0 Å². The van der Waals surface area contributed by atoms with Crippen molar-refractivity contribution in [3.05, 3.63) is 11.6 Å². The molecule has 1 saturated carbocycles. The highest BCUT2D eigenvalue weighted by Crippen LogP contribution is 2.19. The van der Waals surface area contributed by atoms with Gasteiger partial charge in [0.15, 0.2) is 0 Å². The third kappa shape index (κ3) is 2.06. The maximum absolute atomic E-state index is 4.52. The van der Waals surface area contributed by atoms with Crippen molar-refractivity contribution in [2.45, 2.75) is 25.7 Å². The van der Waals surface area contributed by atoms with E-state index < -0.39 is 0 Å². The largest absolute Gasteiger partial charge is 0.242 e. The van der Waals surface area contributed by atoms with E-state index in [4.69, 9.17) is 0 Å². The fourth-order valence-electron chi connectivity index (χ4n) is 1.51. The second kappa shape index (κ2) is 3.87. The normalized spacial score (nSPS) is 16.2. The van der Waals surface area contributed by atoms with Crippen molar-refractivity contribution >= 4 is 22.2 Å². The molecule has 0 bridgehead atoms. The summed E-state index contributed by atoms with van der Waals surface area (Å²) in [5, 5.41) is 9.34. The van der Waals surface area contributed by atoms with E-state index in [9.17, 15) is 0 Å². The van der Waals surface area contributed by atoms with Crippen LogP contribution in [0.15, 0.2) is 16.7 Å². The minimum atomic E-state index is 0.972. The topological polar surface area (TPSA) is 28.5 Å². The van der Waals surface area contributed by atoms with Crippen molar-refractivity contribution in [1.29, 1.82) is 0 Å². The van der Waals surface area contributed by atoms with Gasteiger partial charge in [0.05, 0.1) is 0 Å². The maximum Gasteiger partial charge on any atom is 0.205 e. The maximum atomic E-state index is 4.52. The summed E-state index contributed by atoms with van der Waals surface area (Å²) in [6.07, 6.45) is 6.73. The molecule has 70 valence electrons. The summed E-state index contributed by atoms with van der Waals surface area (Å²) >= 11 is 1.62. The van der Waals surface area contributed by atoms with Gasteiger partial charge in [-0.1, -0.05) is 0 Å². The Labute approximate surface area is 82.1 Å². The standard InChI is InChI=1S/C9H13N3S/c1-12(9-10-6-7-13-9)11-8-4-2-3-5-8/h6-7H,2-5H2,1H3. The molecule has 0 unspecified atom stereocenters. The average Bonchev–Trinajstić information content (AvgIpc) is 2.74. The van der Waals surface area contributed by atoms with Crippen LogP contribution in [0.3, 0.4) is 0 Å². The Morgan fingerprint density at radius 2 is 2.23 bits per heavy atom. The van der Waals surface area contributed by atoms with Crippen LogP contribution < -0.4 is 5.01 Å². The lowest BCUT2D eigenvalue weighted by molar-refractivity contribution is 0.886. The number of hydrazone groups is 1. The van der Waals surface area contributed by atoms with Gasteiger partial charge in [-0.2, -0.15) is 5.10 Å². The van der Waals surface area contributed by atoms with Crippen LogP contribution in [0.1, 0.15) is 25.7 Å². The first-order valence-corrected chi connectivity index (χ1v) is 5.44. The van der Waals surface area contributed by atoms with E-state index in [2.05, 4.69) is 10.1 Å². The lowest BCUT2D eigenvalue weighted by Gasteiger charge is -2.09. The van der Waals surface area contributed by atoms with E-state index in [0.29, 0.717) is 0 Å². The third-order valence-corrected chi connectivity index (χ3v) is 3.01. The Morgan fingerprint density at radius 1 is 1.46 bits per heavy atom. The zero-order valence-electron chi connectivity index (χ0n) is 7.73. The predicted octanol–water partition coefficient (Wildman–Crippen LogP) is 2.51. The van der Waals surface area contributed by atoms with E-state index in [0.717, 1.165) is 18.0 Å².